The summed E-state index contributed by atoms with van der Waals surface area (Å²) in [6, 6.07) is 2.06. The zero-order valence-electron chi connectivity index (χ0n) is 10.5. The highest BCUT2D eigenvalue weighted by atomic mass is 19.1. The van der Waals surface area contributed by atoms with Gasteiger partial charge in [-0.15, -0.1) is 0 Å². The second-order valence-electron chi connectivity index (χ2n) is 4.68. The Labute approximate surface area is 105 Å². The minimum Gasteiger partial charge on any atom is -0.336 e. The summed E-state index contributed by atoms with van der Waals surface area (Å²) in [6.07, 6.45) is 0. The molecular weight excluding hydrogens is 238 g/mol. The molecule has 0 aliphatic carbocycles. The fraction of sp³-hybridized carbons (Fsp3) is 0.462. The van der Waals surface area contributed by atoms with E-state index < -0.39 is 11.6 Å². The van der Waals surface area contributed by atoms with Gasteiger partial charge in [-0.1, -0.05) is 0 Å². The average molecular weight is 254 g/mol. The lowest BCUT2D eigenvalue weighted by Crippen LogP contribution is -2.47. The van der Waals surface area contributed by atoms with Gasteiger partial charge < -0.3 is 9.80 Å². The topological polar surface area (TPSA) is 23.6 Å². The third kappa shape index (κ3) is 2.51. The molecule has 5 heteroatoms. The van der Waals surface area contributed by atoms with Crippen LogP contribution in [0.1, 0.15) is 15.9 Å². The number of hydrogen-bond donors (Lipinski definition) is 0. The summed E-state index contributed by atoms with van der Waals surface area (Å²) in [6.45, 7) is 4.22. The maximum Gasteiger partial charge on any atom is 0.256 e. The molecular formula is C13H16F2N2O. The SMILES string of the molecule is Cc1cc(C(=O)N2CCN(C)CC2)c(F)cc1F. The van der Waals surface area contributed by atoms with Crippen LogP contribution in [0.2, 0.25) is 0 Å². The number of hydrogen-bond acceptors (Lipinski definition) is 2. The van der Waals surface area contributed by atoms with E-state index in [1.165, 1.54) is 13.0 Å². The first-order chi connectivity index (χ1) is 8.49. The number of likely N-dealkylation sites (N-methyl/N-ethyl adjacent to an activating group) is 1. The summed E-state index contributed by atoms with van der Waals surface area (Å²) in [5.41, 5.74) is 0.243. The first-order valence-corrected chi connectivity index (χ1v) is 5.92. The molecule has 0 bridgehead atoms. The van der Waals surface area contributed by atoms with Crippen LogP contribution in [0.3, 0.4) is 0 Å². The Morgan fingerprint density at radius 2 is 1.72 bits per heavy atom. The lowest BCUT2D eigenvalue weighted by atomic mass is 10.1. The Morgan fingerprint density at radius 3 is 2.33 bits per heavy atom. The molecule has 18 heavy (non-hydrogen) atoms. The second kappa shape index (κ2) is 5.02. The summed E-state index contributed by atoms with van der Waals surface area (Å²) >= 11 is 0. The van der Waals surface area contributed by atoms with E-state index in [2.05, 4.69) is 4.90 Å². The molecule has 1 saturated heterocycles. The Kier molecular flexibility index (Phi) is 3.61. The largest absolute Gasteiger partial charge is 0.336 e. The molecule has 1 aromatic rings. The van der Waals surface area contributed by atoms with Crippen molar-refractivity contribution in [3.8, 4) is 0 Å². The minimum atomic E-state index is -0.790. The summed E-state index contributed by atoms with van der Waals surface area (Å²) < 4.78 is 26.8. The van der Waals surface area contributed by atoms with Crippen molar-refractivity contribution in [3.05, 3.63) is 34.9 Å². The van der Waals surface area contributed by atoms with Gasteiger partial charge >= 0.3 is 0 Å². The second-order valence-corrected chi connectivity index (χ2v) is 4.68. The smallest absolute Gasteiger partial charge is 0.256 e. The highest BCUT2D eigenvalue weighted by Gasteiger charge is 2.23. The third-order valence-electron chi connectivity index (χ3n) is 3.27. The van der Waals surface area contributed by atoms with Crippen LogP contribution in [-0.2, 0) is 0 Å². The normalized spacial score (nSPS) is 17.0. The maximum atomic E-state index is 13.6. The van der Waals surface area contributed by atoms with Crippen molar-refractivity contribution in [2.45, 2.75) is 6.92 Å². The summed E-state index contributed by atoms with van der Waals surface area (Å²) in [4.78, 5) is 15.8. The molecule has 0 aromatic heterocycles. The Hall–Kier alpha value is -1.49. The van der Waals surface area contributed by atoms with Crippen molar-refractivity contribution in [2.75, 3.05) is 33.2 Å². The Bertz CT molecular complexity index is 468. The van der Waals surface area contributed by atoms with Crippen LogP contribution < -0.4 is 0 Å². The van der Waals surface area contributed by atoms with Crippen LogP contribution in [0.5, 0.6) is 0 Å². The van der Waals surface area contributed by atoms with E-state index in [1.54, 1.807) is 4.90 Å². The van der Waals surface area contributed by atoms with Gasteiger partial charge in [-0.3, -0.25) is 4.79 Å². The van der Waals surface area contributed by atoms with Gasteiger partial charge in [0.15, 0.2) is 0 Å². The van der Waals surface area contributed by atoms with Crippen molar-refractivity contribution < 1.29 is 13.6 Å². The van der Waals surface area contributed by atoms with Gasteiger partial charge in [0.25, 0.3) is 5.91 Å². The monoisotopic (exact) mass is 254 g/mol. The van der Waals surface area contributed by atoms with Crippen LogP contribution >= 0.6 is 0 Å². The highest BCUT2D eigenvalue weighted by molar-refractivity contribution is 5.94. The van der Waals surface area contributed by atoms with E-state index in [0.29, 0.717) is 13.1 Å². The number of piperazine rings is 1. The van der Waals surface area contributed by atoms with Crippen molar-refractivity contribution in [1.29, 1.82) is 0 Å². The highest BCUT2D eigenvalue weighted by Crippen LogP contribution is 2.17. The van der Waals surface area contributed by atoms with Crippen molar-refractivity contribution >= 4 is 5.91 Å². The van der Waals surface area contributed by atoms with Gasteiger partial charge in [0.1, 0.15) is 11.6 Å². The molecule has 0 spiro atoms. The first-order valence-electron chi connectivity index (χ1n) is 5.92. The van der Waals surface area contributed by atoms with Crippen molar-refractivity contribution in [2.24, 2.45) is 0 Å². The lowest BCUT2D eigenvalue weighted by Gasteiger charge is -2.32. The van der Waals surface area contributed by atoms with Gasteiger partial charge in [-0.05, 0) is 25.6 Å². The van der Waals surface area contributed by atoms with Gasteiger partial charge in [0.2, 0.25) is 0 Å². The Morgan fingerprint density at radius 1 is 1.11 bits per heavy atom. The van der Waals surface area contributed by atoms with Crippen molar-refractivity contribution in [1.82, 2.24) is 9.80 Å². The zero-order chi connectivity index (χ0) is 13.3. The molecule has 0 saturated carbocycles. The summed E-state index contributed by atoms with van der Waals surface area (Å²) in [5.74, 6) is -1.77. The Balaban J connectivity index is 2.21. The number of benzene rings is 1. The molecule has 0 radical (unpaired) electrons. The van der Waals surface area contributed by atoms with E-state index in [4.69, 9.17) is 0 Å². The molecule has 3 nitrogen and oxygen atoms in total. The fourth-order valence-electron chi connectivity index (χ4n) is 2.00. The zero-order valence-corrected chi connectivity index (χ0v) is 10.5. The van der Waals surface area contributed by atoms with Crippen LogP contribution in [-0.4, -0.2) is 48.9 Å². The van der Waals surface area contributed by atoms with E-state index in [1.807, 2.05) is 7.05 Å². The molecule has 98 valence electrons. The maximum absolute atomic E-state index is 13.6. The predicted octanol–water partition coefficient (Wildman–Crippen LogP) is 1.66. The average Bonchev–Trinajstić information content (AvgIpc) is 2.34. The van der Waals surface area contributed by atoms with E-state index >= 15 is 0 Å². The van der Waals surface area contributed by atoms with E-state index in [0.717, 1.165) is 19.2 Å². The van der Waals surface area contributed by atoms with Crippen LogP contribution in [0.25, 0.3) is 0 Å². The summed E-state index contributed by atoms with van der Waals surface area (Å²) in [7, 11) is 1.98. The standard InChI is InChI=1S/C13H16F2N2O/c1-9-7-10(12(15)8-11(9)14)13(18)17-5-3-16(2)4-6-17/h7-8H,3-6H2,1-2H3. The molecule has 1 aromatic carbocycles. The number of halogens is 2. The van der Waals surface area contributed by atoms with Crippen LogP contribution in [0.15, 0.2) is 12.1 Å². The number of aryl methyl sites for hydroxylation is 1. The molecule has 2 rings (SSSR count). The van der Waals surface area contributed by atoms with Gasteiger partial charge in [-0.25, -0.2) is 8.78 Å². The number of carbonyl (C=O) groups is 1. The molecule has 0 N–H and O–H groups in total. The molecule has 1 aliphatic rings. The number of amides is 1. The molecule has 0 unspecified atom stereocenters. The lowest BCUT2D eigenvalue weighted by molar-refractivity contribution is 0.0659. The molecule has 1 heterocycles. The molecule has 0 atom stereocenters. The van der Waals surface area contributed by atoms with Gasteiger partial charge in [-0.2, -0.15) is 0 Å². The van der Waals surface area contributed by atoms with Gasteiger partial charge in [0, 0.05) is 32.2 Å². The van der Waals surface area contributed by atoms with E-state index in [9.17, 15) is 13.6 Å². The summed E-state index contributed by atoms with van der Waals surface area (Å²) in [5, 5.41) is 0. The fourth-order valence-corrected chi connectivity index (χ4v) is 2.00. The molecule has 1 fully saturated rings. The number of nitrogens with zero attached hydrogens (tertiary/aromatic N) is 2. The van der Waals surface area contributed by atoms with Crippen molar-refractivity contribution in [3.63, 3.8) is 0 Å². The molecule has 1 amide bonds. The number of carbonyl (C=O) groups excluding carboxylic acids is 1. The minimum absolute atomic E-state index is 0.0431. The van der Waals surface area contributed by atoms with Crippen LogP contribution in [0.4, 0.5) is 8.78 Å². The first kappa shape index (κ1) is 13.0. The van der Waals surface area contributed by atoms with Crippen LogP contribution in [0, 0.1) is 18.6 Å². The number of rotatable bonds is 1. The van der Waals surface area contributed by atoms with E-state index in [-0.39, 0.29) is 17.0 Å². The molecule has 1 aliphatic heterocycles. The van der Waals surface area contributed by atoms with Gasteiger partial charge in [0.05, 0.1) is 5.56 Å². The predicted molar refractivity (Wildman–Crippen MR) is 64.5 cm³/mol. The third-order valence-corrected chi connectivity index (χ3v) is 3.27. The quantitative estimate of drug-likeness (QED) is 0.761.